The number of nitrogens with two attached hydrogens (primary N) is 1. The SMILES string of the molecule is N[C@H](c1ccc(Br)cc1O)[C@@H](O)Cc1ccccc1. The zero-order valence-electron chi connectivity index (χ0n) is 10.3. The Hall–Kier alpha value is -1.36. The van der Waals surface area contributed by atoms with Crippen LogP contribution in [0.15, 0.2) is 53.0 Å². The summed E-state index contributed by atoms with van der Waals surface area (Å²) in [5.74, 6) is 0.0917. The molecule has 3 nitrogen and oxygen atoms in total. The first-order valence-electron chi connectivity index (χ1n) is 6.04. The summed E-state index contributed by atoms with van der Waals surface area (Å²) in [6, 6.07) is 14.1. The fraction of sp³-hybridized carbons (Fsp3) is 0.200. The molecule has 0 heterocycles. The molecule has 4 heteroatoms. The van der Waals surface area contributed by atoms with Crippen molar-refractivity contribution in [3.63, 3.8) is 0 Å². The van der Waals surface area contributed by atoms with Gasteiger partial charge in [0.2, 0.25) is 0 Å². The Balaban J connectivity index is 2.12. The molecule has 19 heavy (non-hydrogen) atoms. The van der Waals surface area contributed by atoms with Crippen molar-refractivity contribution in [2.75, 3.05) is 0 Å². The van der Waals surface area contributed by atoms with Crippen LogP contribution in [-0.4, -0.2) is 16.3 Å². The molecule has 0 amide bonds. The number of phenolic OH excluding ortho intramolecular Hbond substituents is 1. The van der Waals surface area contributed by atoms with Gasteiger partial charge in [-0.3, -0.25) is 0 Å². The average Bonchev–Trinajstić information content (AvgIpc) is 2.39. The van der Waals surface area contributed by atoms with Gasteiger partial charge >= 0.3 is 0 Å². The highest BCUT2D eigenvalue weighted by molar-refractivity contribution is 9.10. The van der Waals surface area contributed by atoms with Crippen LogP contribution < -0.4 is 5.73 Å². The number of aromatic hydroxyl groups is 1. The normalized spacial score (nSPS) is 14.1. The van der Waals surface area contributed by atoms with Gasteiger partial charge in [0, 0.05) is 16.5 Å². The van der Waals surface area contributed by atoms with Crippen molar-refractivity contribution in [2.45, 2.75) is 18.6 Å². The first kappa shape index (κ1) is 14.1. The number of aliphatic hydroxyl groups is 1. The molecule has 0 saturated heterocycles. The second-order valence-corrected chi connectivity index (χ2v) is 5.40. The number of hydrogen-bond acceptors (Lipinski definition) is 3. The standard InChI is InChI=1S/C15H16BrNO2/c16-11-6-7-12(13(18)9-11)15(17)14(19)8-10-4-2-1-3-5-10/h1-7,9,14-15,18-19H,8,17H2/t14-,15+/m0/s1. The second-order valence-electron chi connectivity index (χ2n) is 4.49. The van der Waals surface area contributed by atoms with Crippen molar-refractivity contribution >= 4 is 15.9 Å². The Bertz CT molecular complexity index is 545. The van der Waals surface area contributed by atoms with Crippen LogP contribution >= 0.6 is 15.9 Å². The quantitative estimate of drug-likeness (QED) is 0.811. The molecular weight excluding hydrogens is 306 g/mol. The smallest absolute Gasteiger partial charge is 0.121 e. The molecule has 0 radical (unpaired) electrons. The van der Waals surface area contributed by atoms with Gasteiger partial charge in [0.25, 0.3) is 0 Å². The minimum Gasteiger partial charge on any atom is -0.508 e. The average molecular weight is 322 g/mol. The van der Waals surface area contributed by atoms with Gasteiger partial charge in [0.15, 0.2) is 0 Å². The molecule has 0 aliphatic heterocycles. The molecule has 0 spiro atoms. The lowest BCUT2D eigenvalue weighted by Crippen LogP contribution is -2.28. The first-order chi connectivity index (χ1) is 9.08. The summed E-state index contributed by atoms with van der Waals surface area (Å²) in [5.41, 5.74) is 7.58. The Morgan fingerprint density at radius 3 is 2.42 bits per heavy atom. The topological polar surface area (TPSA) is 66.5 Å². The Kier molecular flexibility index (Phi) is 4.58. The van der Waals surface area contributed by atoms with E-state index in [1.54, 1.807) is 18.2 Å². The zero-order chi connectivity index (χ0) is 13.8. The number of aliphatic hydroxyl groups excluding tert-OH is 1. The fourth-order valence-electron chi connectivity index (χ4n) is 1.99. The molecule has 0 bridgehead atoms. The van der Waals surface area contributed by atoms with Crippen LogP contribution in [0.25, 0.3) is 0 Å². The lowest BCUT2D eigenvalue weighted by Gasteiger charge is -2.20. The van der Waals surface area contributed by atoms with Gasteiger partial charge < -0.3 is 15.9 Å². The maximum absolute atomic E-state index is 10.2. The summed E-state index contributed by atoms with van der Waals surface area (Å²) in [6.45, 7) is 0. The first-order valence-corrected chi connectivity index (χ1v) is 6.83. The van der Waals surface area contributed by atoms with Gasteiger partial charge in [-0.25, -0.2) is 0 Å². The van der Waals surface area contributed by atoms with E-state index in [1.165, 1.54) is 0 Å². The van der Waals surface area contributed by atoms with Crippen LogP contribution in [0.3, 0.4) is 0 Å². The largest absolute Gasteiger partial charge is 0.508 e. The molecule has 2 atom stereocenters. The Labute approximate surface area is 120 Å². The van der Waals surface area contributed by atoms with E-state index < -0.39 is 12.1 Å². The molecule has 2 aromatic carbocycles. The molecule has 0 aromatic heterocycles. The summed E-state index contributed by atoms with van der Waals surface area (Å²) in [7, 11) is 0. The Morgan fingerprint density at radius 1 is 1.11 bits per heavy atom. The highest BCUT2D eigenvalue weighted by Crippen LogP contribution is 2.28. The molecule has 0 aliphatic rings. The summed E-state index contributed by atoms with van der Waals surface area (Å²) in [6.07, 6.45) is -0.285. The number of benzene rings is 2. The minimum atomic E-state index is -0.741. The van der Waals surface area contributed by atoms with Crippen LogP contribution in [-0.2, 0) is 6.42 Å². The monoisotopic (exact) mass is 321 g/mol. The van der Waals surface area contributed by atoms with Crippen LogP contribution in [0, 0.1) is 0 Å². The van der Waals surface area contributed by atoms with Crippen LogP contribution in [0.5, 0.6) is 5.75 Å². The highest BCUT2D eigenvalue weighted by atomic mass is 79.9. The van der Waals surface area contributed by atoms with E-state index in [9.17, 15) is 10.2 Å². The predicted octanol–water partition coefficient (Wildman–Crippen LogP) is 2.76. The molecule has 0 saturated carbocycles. The van der Waals surface area contributed by atoms with E-state index in [4.69, 9.17) is 5.73 Å². The summed E-state index contributed by atoms with van der Waals surface area (Å²) >= 11 is 3.27. The van der Waals surface area contributed by atoms with Gasteiger partial charge in [0.05, 0.1) is 12.1 Å². The van der Waals surface area contributed by atoms with Gasteiger partial charge in [-0.15, -0.1) is 0 Å². The lowest BCUT2D eigenvalue weighted by atomic mass is 9.96. The Morgan fingerprint density at radius 2 is 1.79 bits per heavy atom. The third-order valence-electron chi connectivity index (χ3n) is 3.05. The van der Waals surface area contributed by atoms with Crippen LogP contribution in [0.4, 0.5) is 0 Å². The minimum absolute atomic E-state index is 0.0917. The molecule has 4 N–H and O–H groups in total. The van der Waals surface area contributed by atoms with Gasteiger partial charge in [-0.2, -0.15) is 0 Å². The van der Waals surface area contributed by atoms with E-state index >= 15 is 0 Å². The highest BCUT2D eigenvalue weighted by Gasteiger charge is 2.20. The van der Waals surface area contributed by atoms with Crippen molar-refractivity contribution in [1.82, 2.24) is 0 Å². The summed E-state index contributed by atoms with van der Waals surface area (Å²) in [4.78, 5) is 0. The second kappa shape index (κ2) is 6.19. The molecule has 0 unspecified atom stereocenters. The molecule has 2 rings (SSSR count). The number of hydrogen-bond donors (Lipinski definition) is 3. The zero-order valence-corrected chi connectivity index (χ0v) is 11.9. The number of phenols is 1. The molecule has 0 fully saturated rings. The van der Waals surface area contributed by atoms with Crippen molar-refractivity contribution < 1.29 is 10.2 Å². The number of rotatable bonds is 4. The van der Waals surface area contributed by atoms with E-state index in [0.717, 1.165) is 10.0 Å². The van der Waals surface area contributed by atoms with Crippen LogP contribution in [0.2, 0.25) is 0 Å². The number of halogens is 1. The van der Waals surface area contributed by atoms with Crippen molar-refractivity contribution in [3.8, 4) is 5.75 Å². The molecule has 0 aliphatic carbocycles. The third-order valence-corrected chi connectivity index (χ3v) is 3.55. The molecular formula is C15H16BrNO2. The van der Waals surface area contributed by atoms with E-state index in [1.807, 2.05) is 30.3 Å². The summed E-state index contributed by atoms with van der Waals surface area (Å²) < 4.78 is 0.776. The molecule has 100 valence electrons. The van der Waals surface area contributed by atoms with Gasteiger partial charge in [-0.05, 0) is 17.7 Å². The maximum Gasteiger partial charge on any atom is 0.121 e. The molecule has 2 aromatic rings. The summed E-state index contributed by atoms with van der Waals surface area (Å²) in [5, 5.41) is 20.0. The predicted molar refractivity (Wildman–Crippen MR) is 78.9 cm³/mol. The van der Waals surface area contributed by atoms with E-state index in [-0.39, 0.29) is 5.75 Å². The maximum atomic E-state index is 10.2. The van der Waals surface area contributed by atoms with E-state index in [0.29, 0.717) is 12.0 Å². The van der Waals surface area contributed by atoms with Crippen molar-refractivity contribution in [2.24, 2.45) is 5.73 Å². The van der Waals surface area contributed by atoms with Gasteiger partial charge in [-0.1, -0.05) is 52.3 Å². The third kappa shape index (κ3) is 3.56. The van der Waals surface area contributed by atoms with Crippen molar-refractivity contribution in [3.05, 3.63) is 64.1 Å². The van der Waals surface area contributed by atoms with E-state index in [2.05, 4.69) is 15.9 Å². The van der Waals surface area contributed by atoms with Gasteiger partial charge in [0.1, 0.15) is 5.75 Å². The lowest BCUT2D eigenvalue weighted by molar-refractivity contribution is 0.143. The van der Waals surface area contributed by atoms with Crippen LogP contribution in [0.1, 0.15) is 17.2 Å². The van der Waals surface area contributed by atoms with Crippen molar-refractivity contribution in [1.29, 1.82) is 0 Å². The fourth-order valence-corrected chi connectivity index (χ4v) is 2.34.